The molecule has 2 N–H and O–H groups in total. The van der Waals surface area contributed by atoms with Crippen molar-refractivity contribution in [2.75, 3.05) is 0 Å². The highest BCUT2D eigenvalue weighted by Gasteiger charge is 2.34. The highest BCUT2D eigenvalue weighted by Crippen LogP contribution is 2.46. The number of hydrogen-bond acceptors (Lipinski definition) is 6. The van der Waals surface area contributed by atoms with Crippen molar-refractivity contribution in [1.82, 2.24) is 0 Å². The lowest BCUT2D eigenvalue weighted by Gasteiger charge is -2.27. The number of nitriles is 1. The van der Waals surface area contributed by atoms with Gasteiger partial charge in [-0.25, -0.2) is 4.39 Å². The van der Waals surface area contributed by atoms with E-state index >= 15 is 0 Å². The average molecular weight is 536 g/mol. The van der Waals surface area contributed by atoms with Gasteiger partial charge in [-0.05, 0) is 36.4 Å². The van der Waals surface area contributed by atoms with Crippen LogP contribution < -0.4 is 14.7 Å². The zero-order valence-electron chi connectivity index (χ0n) is 16.1. The molecule has 10 heteroatoms. The Hall–Kier alpha value is -3.06. The van der Waals surface area contributed by atoms with Crippen molar-refractivity contribution < 1.29 is 21.7 Å². The molecular formula is C22H13BrClFN2O4S. The van der Waals surface area contributed by atoms with Crippen LogP contribution in [-0.4, -0.2) is 8.42 Å². The largest absolute Gasteiger partial charge is 0.440 e. The molecule has 1 unspecified atom stereocenters. The molecule has 32 heavy (non-hydrogen) atoms. The van der Waals surface area contributed by atoms with Crippen LogP contribution in [0.15, 0.2) is 81.5 Å². The van der Waals surface area contributed by atoms with Gasteiger partial charge in [0.15, 0.2) is 0 Å². The van der Waals surface area contributed by atoms with E-state index in [0.29, 0.717) is 10.0 Å². The second kappa shape index (κ2) is 8.47. The van der Waals surface area contributed by atoms with E-state index in [4.69, 9.17) is 26.3 Å². The molecule has 0 amide bonds. The molecule has 1 atom stereocenters. The Kier molecular flexibility index (Phi) is 5.86. The third kappa shape index (κ3) is 4.05. The van der Waals surface area contributed by atoms with E-state index in [1.54, 1.807) is 12.1 Å². The van der Waals surface area contributed by atoms with Gasteiger partial charge < -0.3 is 14.7 Å². The van der Waals surface area contributed by atoms with Crippen LogP contribution in [-0.2, 0) is 10.1 Å². The molecule has 6 nitrogen and oxygen atoms in total. The third-order valence-corrected chi connectivity index (χ3v) is 6.84. The summed E-state index contributed by atoms with van der Waals surface area (Å²) in [4.78, 5) is -0.0484. The fraction of sp³-hybridized carbons (Fsp3) is 0.0455. The maximum absolute atomic E-state index is 14.7. The summed E-state index contributed by atoms with van der Waals surface area (Å²) >= 11 is 9.46. The van der Waals surface area contributed by atoms with Crippen LogP contribution in [0.25, 0.3) is 0 Å². The summed E-state index contributed by atoms with van der Waals surface area (Å²) in [6, 6.07) is 16.4. The van der Waals surface area contributed by atoms with Crippen LogP contribution >= 0.6 is 27.5 Å². The van der Waals surface area contributed by atoms with Crippen molar-refractivity contribution >= 4 is 37.6 Å². The van der Waals surface area contributed by atoms with Gasteiger partial charge in [-0.2, -0.15) is 13.7 Å². The fourth-order valence-corrected chi connectivity index (χ4v) is 5.16. The molecule has 0 saturated heterocycles. The number of ether oxygens (including phenoxy) is 1. The topological polar surface area (TPSA) is 102 Å². The molecule has 4 rings (SSSR count). The first-order valence-electron chi connectivity index (χ1n) is 9.07. The Morgan fingerprint density at radius 2 is 1.91 bits per heavy atom. The maximum atomic E-state index is 14.7. The monoisotopic (exact) mass is 534 g/mol. The molecule has 1 heterocycles. The highest BCUT2D eigenvalue weighted by atomic mass is 79.9. The Morgan fingerprint density at radius 3 is 2.59 bits per heavy atom. The first-order valence-corrected chi connectivity index (χ1v) is 11.6. The van der Waals surface area contributed by atoms with E-state index in [2.05, 4.69) is 15.9 Å². The molecule has 0 aromatic heterocycles. The van der Waals surface area contributed by atoms with E-state index in [-0.39, 0.29) is 38.4 Å². The molecule has 1 aliphatic rings. The molecule has 1 aliphatic heterocycles. The standard InChI is InChI=1S/C22H13BrClFN2O4S/c23-12-3-1-4-14(9-12)32(28,29)31-13-7-8-15-19(10-13)30-22(27)16(11-26)20(15)21-17(24)5-2-6-18(21)25/h1-10,20H,27H2. The van der Waals surface area contributed by atoms with E-state index in [1.807, 2.05) is 6.07 Å². The molecule has 0 aliphatic carbocycles. The number of benzene rings is 3. The van der Waals surface area contributed by atoms with Crippen LogP contribution in [0.2, 0.25) is 5.02 Å². The SMILES string of the molecule is N#CC1=C(N)Oc2cc(OS(=O)(=O)c3cccc(Br)c3)ccc2C1c1c(F)cccc1Cl. The second-order valence-electron chi connectivity index (χ2n) is 6.75. The van der Waals surface area contributed by atoms with E-state index in [9.17, 15) is 18.1 Å². The summed E-state index contributed by atoms with van der Waals surface area (Å²) in [6.45, 7) is 0. The molecule has 0 bridgehead atoms. The predicted octanol–water partition coefficient (Wildman–Crippen LogP) is 5.23. The van der Waals surface area contributed by atoms with Gasteiger partial charge in [0, 0.05) is 26.7 Å². The number of fused-ring (bicyclic) bond motifs is 1. The molecule has 3 aromatic carbocycles. The summed E-state index contributed by atoms with van der Waals surface area (Å²) in [5.74, 6) is -1.72. The number of nitrogens with zero attached hydrogens (tertiary/aromatic N) is 1. The summed E-state index contributed by atoms with van der Waals surface area (Å²) in [5, 5.41) is 9.73. The van der Waals surface area contributed by atoms with Crippen molar-refractivity contribution in [2.45, 2.75) is 10.8 Å². The summed E-state index contributed by atoms with van der Waals surface area (Å²) in [5.41, 5.74) is 6.36. The first-order chi connectivity index (χ1) is 15.2. The Bertz CT molecular complexity index is 1400. The minimum absolute atomic E-state index is 0.0140. The zero-order chi connectivity index (χ0) is 23.0. The van der Waals surface area contributed by atoms with Crippen molar-refractivity contribution in [3.8, 4) is 17.6 Å². The summed E-state index contributed by atoms with van der Waals surface area (Å²) in [6.07, 6.45) is 0. The lowest BCUT2D eigenvalue weighted by Crippen LogP contribution is -2.22. The van der Waals surface area contributed by atoms with Gasteiger partial charge in [-0.15, -0.1) is 0 Å². The lowest BCUT2D eigenvalue weighted by molar-refractivity contribution is 0.390. The minimum Gasteiger partial charge on any atom is -0.440 e. The molecular weight excluding hydrogens is 523 g/mol. The second-order valence-corrected chi connectivity index (χ2v) is 9.62. The van der Waals surface area contributed by atoms with Crippen LogP contribution in [0, 0.1) is 17.1 Å². The van der Waals surface area contributed by atoms with Crippen molar-refractivity contribution in [3.63, 3.8) is 0 Å². The zero-order valence-corrected chi connectivity index (χ0v) is 19.2. The molecule has 3 aromatic rings. The van der Waals surface area contributed by atoms with E-state index in [0.717, 1.165) is 0 Å². The van der Waals surface area contributed by atoms with Gasteiger partial charge in [0.05, 0.1) is 5.92 Å². The lowest BCUT2D eigenvalue weighted by atomic mass is 9.83. The molecule has 0 radical (unpaired) electrons. The van der Waals surface area contributed by atoms with Crippen LogP contribution in [0.1, 0.15) is 17.0 Å². The number of hydrogen-bond donors (Lipinski definition) is 1. The Balaban J connectivity index is 1.78. The Morgan fingerprint density at radius 1 is 1.16 bits per heavy atom. The minimum atomic E-state index is -4.13. The number of allylic oxidation sites excluding steroid dienone is 1. The highest BCUT2D eigenvalue weighted by molar-refractivity contribution is 9.10. The average Bonchev–Trinajstić information content (AvgIpc) is 2.73. The molecule has 162 valence electrons. The number of halogens is 3. The van der Waals surface area contributed by atoms with Gasteiger partial charge >= 0.3 is 10.1 Å². The van der Waals surface area contributed by atoms with E-state index < -0.39 is 21.9 Å². The van der Waals surface area contributed by atoms with Gasteiger partial charge in [0.25, 0.3) is 0 Å². The third-order valence-electron chi connectivity index (χ3n) is 4.77. The molecule has 0 spiro atoms. The van der Waals surface area contributed by atoms with Gasteiger partial charge in [0.2, 0.25) is 5.88 Å². The molecule has 0 fully saturated rings. The van der Waals surface area contributed by atoms with Gasteiger partial charge in [-0.1, -0.05) is 45.7 Å². The first kappa shape index (κ1) is 22.1. The summed E-state index contributed by atoms with van der Waals surface area (Å²) in [7, 11) is -4.13. The van der Waals surface area contributed by atoms with Gasteiger partial charge in [-0.3, -0.25) is 0 Å². The van der Waals surface area contributed by atoms with Crippen molar-refractivity contribution in [3.05, 3.63) is 98.6 Å². The van der Waals surface area contributed by atoms with Gasteiger partial charge in [0.1, 0.15) is 33.9 Å². The summed E-state index contributed by atoms with van der Waals surface area (Å²) < 4.78 is 51.3. The van der Waals surface area contributed by atoms with Crippen molar-refractivity contribution in [2.24, 2.45) is 5.73 Å². The number of rotatable bonds is 4. The van der Waals surface area contributed by atoms with Crippen LogP contribution in [0.5, 0.6) is 11.5 Å². The molecule has 0 saturated carbocycles. The van der Waals surface area contributed by atoms with E-state index in [1.165, 1.54) is 48.5 Å². The smallest absolute Gasteiger partial charge is 0.339 e. The van der Waals surface area contributed by atoms with Crippen LogP contribution in [0.3, 0.4) is 0 Å². The normalized spacial score (nSPS) is 15.5. The number of nitrogens with two attached hydrogens (primary N) is 1. The predicted molar refractivity (Wildman–Crippen MR) is 119 cm³/mol. The Labute approximate surface area is 196 Å². The fourth-order valence-electron chi connectivity index (χ4n) is 3.37. The van der Waals surface area contributed by atoms with Crippen molar-refractivity contribution in [1.29, 1.82) is 5.26 Å². The maximum Gasteiger partial charge on any atom is 0.339 e. The quantitative estimate of drug-likeness (QED) is 0.459. The van der Waals surface area contributed by atoms with Crippen LogP contribution in [0.4, 0.5) is 4.39 Å².